The van der Waals surface area contributed by atoms with Crippen molar-refractivity contribution in [2.75, 3.05) is 13.1 Å². The highest BCUT2D eigenvalue weighted by Crippen LogP contribution is 2.18. The molecule has 2 rings (SSSR count). The van der Waals surface area contributed by atoms with Gasteiger partial charge in [0.25, 0.3) is 0 Å². The zero-order chi connectivity index (χ0) is 16.0. The van der Waals surface area contributed by atoms with Crippen LogP contribution >= 0.6 is 0 Å². The van der Waals surface area contributed by atoms with E-state index in [1.54, 1.807) is 36.7 Å². The highest BCUT2D eigenvalue weighted by molar-refractivity contribution is 7.89. The maximum Gasteiger partial charge on any atom is 0.240 e. The lowest BCUT2D eigenvalue weighted by atomic mass is 10.2. The first-order valence-corrected chi connectivity index (χ1v) is 8.69. The minimum absolute atomic E-state index is 0.191. The number of rotatable bonds is 7. The van der Waals surface area contributed by atoms with Crippen molar-refractivity contribution in [3.63, 3.8) is 0 Å². The van der Waals surface area contributed by atoms with Crippen LogP contribution in [0.1, 0.15) is 13.8 Å². The Morgan fingerprint density at radius 3 is 2.86 bits per heavy atom. The molecule has 0 fully saturated rings. The number of fused-ring (bicyclic) bond motifs is 1. The molecule has 1 atom stereocenters. The number of allylic oxidation sites excluding steroid dienone is 1. The Labute approximate surface area is 131 Å². The van der Waals surface area contributed by atoms with Crippen LogP contribution in [0.2, 0.25) is 0 Å². The van der Waals surface area contributed by atoms with E-state index in [1.807, 2.05) is 26.0 Å². The number of hydrogen-bond donors (Lipinski definition) is 2. The molecular weight excluding hydrogens is 298 g/mol. The summed E-state index contributed by atoms with van der Waals surface area (Å²) in [6, 6.07) is 6.65. The van der Waals surface area contributed by atoms with Gasteiger partial charge in [-0.05, 0) is 37.4 Å². The SMILES string of the molecule is C/C=C/CNC[C@H](C)NS(=O)(=O)c1ccc2cnccc2c1. The van der Waals surface area contributed by atoms with Crippen molar-refractivity contribution in [3.05, 3.63) is 48.8 Å². The maximum absolute atomic E-state index is 12.4. The number of aromatic nitrogens is 1. The van der Waals surface area contributed by atoms with E-state index in [0.29, 0.717) is 6.54 Å². The summed E-state index contributed by atoms with van der Waals surface area (Å²) in [6.07, 6.45) is 7.30. The third-order valence-corrected chi connectivity index (χ3v) is 4.81. The molecule has 0 spiro atoms. The van der Waals surface area contributed by atoms with Gasteiger partial charge in [0.05, 0.1) is 4.90 Å². The van der Waals surface area contributed by atoms with Gasteiger partial charge in [-0.3, -0.25) is 4.98 Å². The zero-order valence-corrected chi connectivity index (χ0v) is 13.6. The van der Waals surface area contributed by atoms with E-state index in [4.69, 9.17) is 0 Å². The molecule has 0 saturated heterocycles. The first-order valence-electron chi connectivity index (χ1n) is 7.21. The van der Waals surface area contributed by atoms with Gasteiger partial charge < -0.3 is 5.32 Å². The molecule has 2 aromatic rings. The Kier molecular flexibility index (Phi) is 5.65. The van der Waals surface area contributed by atoms with Crippen molar-refractivity contribution in [1.82, 2.24) is 15.0 Å². The molecule has 5 nitrogen and oxygen atoms in total. The first kappa shape index (κ1) is 16.6. The predicted molar refractivity (Wildman–Crippen MR) is 89.2 cm³/mol. The molecule has 0 radical (unpaired) electrons. The number of hydrogen-bond acceptors (Lipinski definition) is 4. The molecule has 118 valence electrons. The standard InChI is InChI=1S/C16H21N3O2S/c1-3-4-8-17-11-13(2)19-22(20,21)16-6-5-15-12-18-9-7-14(15)10-16/h3-7,9-10,12-13,17,19H,8,11H2,1-2H3/b4-3+/t13-/m0/s1. The average Bonchev–Trinajstić information content (AvgIpc) is 2.50. The molecule has 0 aliphatic heterocycles. The maximum atomic E-state index is 12.4. The summed E-state index contributed by atoms with van der Waals surface area (Å²) >= 11 is 0. The minimum atomic E-state index is -3.52. The van der Waals surface area contributed by atoms with E-state index >= 15 is 0 Å². The number of benzene rings is 1. The summed E-state index contributed by atoms with van der Waals surface area (Å²) in [5.41, 5.74) is 0. The Hall–Kier alpha value is -1.76. The second-order valence-corrected chi connectivity index (χ2v) is 6.85. The highest BCUT2D eigenvalue weighted by atomic mass is 32.2. The Morgan fingerprint density at radius 1 is 1.27 bits per heavy atom. The van der Waals surface area contributed by atoms with Crippen LogP contribution in [0.4, 0.5) is 0 Å². The van der Waals surface area contributed by atoms with Gasteiger partial charge in [-0.1, -0.05) is 18.2 Å². The van der Waals surface area contributed by atoms with Crippen molar-refractivity contribution in [2.24, 2.45) is 0 Å². The summed E-state index contributed by atoms with van der Waals surface area (Å²) in [7, 11) is -3.52. The van der Waals surface area contributed by atoms with E-state index in [-0.39, 0.29) is 10.9 Å². The van der Waals surface area contributed by atoms with Crippen LogP contribution in [0.15, 0.2) is 53.7 Å². The van der Waals surface area contributed by atoms with Gasteiger partial charge in [0.1, 0.15) is 0 Å². The molecule has 1 heterocycles. The van der Waals surface area contributed by atoms with E-state index in [1.165, 1.54) is 0 Å². The van der Waals surface area contributed by atoms with Crippen LogP contribution in [0, 0.1) is 0 Å². The smallest absolute Gasteiger partial charge is 0.240 e. The molecule has 22 heavy (non-hydrogen) atoms. The highest BCUT2D eigenvalue weighted by Gasteiger charge is 2.17. The molecule has 6 heteroatoms. The van der Waals surface area contributed by atoms with Crippen LogP contribution in [0.25, 0.3) is 10.8 Å². The van der Waals surface area contributed by atoms with Gasteiger partial charge in [-0.25, -0.2) is 13.1 Å². The molecule has 1 aromatic carbocycles. The number of sulfonamides is 1. The molecule has 0 saturated carbocycles. The van der Waals surface area contributed by atoms with Crippen molar-refractivity contribution >= 4 is 20.8 Å². The quantitative estimate of drug-likeness (QED) is 0.605. The van der Waals surface area contributed by atoms with E-state index in [9.17, 15) is 8.42 Å². The van der Waals surface area contributed by atoms with E-state index in [0.717, 1.165) is 17.3 Å². The number of nitrogens with one attached hydrogen (secondary N) is 2. The summed E-state index contributed by atoms with van der Waals surface area (Å²) in [5, 5.41) is 4.94. The van der Waals surface area contributed by atoms with Gasteiger partial charge in [0.15, 0.2) is 0 Å². The van der Waals surface area contributed by atoms with Crippen molar-refractivity contribution in [3.8, 4) is 0 Å². The van der Waals surface area contributed by atoms with Crippen LogP contribution in [0.5, 0.6) is 0 Å². The molecule has 0 aliphatic carbocycles. The lowest BCUT2D eigenvalue weighted by Crippen LogP contribution is -2.39. The monoisotopic (exact) mass is 319 g/mol. The first-order chi connectivity index (χ1) is 10.5. The molecule has 0 unspecified atom stereocenters. The molecular formula is C16H21N3O2S. The second kappa shape index (κ2) is 7.49. The van der Waals surface area contributed by atoms with Crippen molar-refractivity contribution in [1.29, 1.82) is 0 Å². The lowest BCUT2D eigenvalue weighted by molar-refractivity contribution is 0.545. The van der Waals surface area contributed by atoms with Crippen LogP contribution in [-0.4, -0.2) is 32.5 Å². The molecule has 0 bridgehead atoms. The van der Waals surface area contributed by atoms with Gasteiger partial charge in [-0.15, -0.1) is 0 Å². The summed E-state index contributed by atoms with van der Waals surface area (Å²) < 4.78 is 27.5. The average molecular weight is 319 g/mol. The summed E-state index contributed by atoms with van der Waals surface area (Å²) in [5.74, 6) is 0. The van der Waals surface area contributed by atoms with Gasteiger partial charge in [0, 0.05) is 36.9 Å². The lowest BCUT2D eigenvalue weighted by Gasteiger charge is -2.15. The molecule has 1 aromatic heterocycles. The summed E-state index contributed by atoms with van der Waals surface area (Å²) in [4.78, 5) is 4.29. The van der Waals surface area contributed by atoms with Crippen LogP contribution < -0.4 is 10.0 Å². The molecule has 2 N–H and O–H groups in total. The fourth-order valence-corrected chi connectivity index (χ4v) is 3.38. The van der Waals surface area contributed by atoms with Crippen molar-refractivity contribution in [2.45, 2.75) is 24.8 Å². The fraction of sp³-hybridized carbons (Fsp3) is 0.312. The summed E-state index contributed by atoms with van der Waals surface area (Å²) in [6.45, 7) is 5.08. The van der Waals surface area contributed by atoms with Crippen LogP contribution in [0.3, 0.4) is 0 Å². The Morgan fingerprint density at radius 2 is 2.09 bits per heavy atom. The Bertz CT molecular complexity index is 757. The van der Waals surface area contributed by atoms with Crippen LogP contribution in [-0.2, 0) is 10.0 Å². The largest absolute Gasteiger partial charge is 0.312 e. The normalized spacial score (nSPS) is 13.7. The van der Waals surface area contributed by atoms with Gasteiger partial charge in [0.2, 0.25) is 10.0 Å². The fourth-order valence-electron chi connectivity index (χ4n) is 2.10. The number of pyridine rings is 1. The minimum Gasteiger partial charge on any atom is -0.312 e. The van der Waals surface area contributed by atoms with Gasteiger partial charge >= 0.3 is 0 Å². The topological polar surface area (TPSA) is 71.1 Å². The molecule has 0 amide bonds. The van der Waals surface area contributed by atoms with E-state index in [2.05, 4.69) is 15.0 Å². The third-order valence-electron chi connectivity index (χ3n) is 3.23. The number of nitrogens with zero attached hydrogens (tertiary/aromatic N) is 1. The third kappa shape index (κ3) is 4.37. The van der Waals surface area contributed by atoms with Crippen molar-refractivity contribution < 1.29 is 8.42 Å². The van der Waals surface area contributed by atoms with E-state index < -0.39 is 10.0 Å². The Balaban J connectivity index is 2.08. The zero-order valence-electron chi connectivity index (χ0n) is 12.8. The second-order valence-electron chi connectivity index (χ2n) is 5.13. The predicted octanol–water partition coefficient (Wildman–Crippen LogP) is 2.07. The van der Waals surface area contributed by atoms with Gasteiger partial charge in [-0.2, -0.15) is 0 Å². The molecule has 0 aliphatic rings.